The minimum atomic E-state index is 0.703. The van der Waals surface area contributed by atoms with E-state index in [1.807, 2.05) is 13.2 Å². The first-order valence-corrected chi connectivity index (χ1v) is 5.28. The van der Waals surface area contributed by atoms with Crippen molar-refractivity contribution in [2.75, 3.05) is 25.0 Å². The second-order valence-electron chi connectivity index (χ2n) is 3.87. The number of rotatable bonds is 4. The van der Waals surface area contributed by atoms with Gasteiger partial charge in [-0.05, 0) is 24.6 Å². The van der Waals surface area contributed by atoms with E-state index in [0.29, 0.717) is 6.61 Å². The third-order valence-corrected chi connectivity index (χ3v) is 2.67. The van der Waals surface area contributed by atoms with E-state index >= 15 is 0 Å². The number of ether oxygens (including phenoxy) is 1. The summed E-state index contributed by atoms with van der Waals surface area (Å²) >= 11 is 0. The summed E-state index contributed by atoms with van der Waals surface area (Å²) in [5.41, 5.74) is 7.96. The lowest BCUT2D eigenvalue weighted by atomic mass is 10.2. The van der Waals surface area contributed by atoms with Gasteiger partial charge in [-0.1, -0.05) is 0 Å². The molecule has 2 rings (SSSR count). The predicted octanol–water partition coefficient (Wildman–Crippen LogP) is 0.897. The van der Waals surface area contributed by atoms with Crippen molar-refractivity contribution in [3.63, 3.8) is 0 Å². The van der Waals surface area contributed by atoms with Crippen LogP contribution in [0.5, 0.6) is 0 Å². The lowest BCUT2D eigenvalue weighted by Gasteiger charge is -2.18. The summed E-state index contributed by atoms with van der Waals surface area (Å²) in [4.78, 5) is 6.54. The van der Waals surface area contributed by atoms with Crippen LogP contribution in [0, 0.1) is 0 Å². The highest BCUT2D eigenvalue weighted by Crippen LogP contribution is 2.22. The zero-order valence-corrected chi connectivity index (χ0v) is 9.07. The van der Waals surface area contributed by atoms with Crippen LogP contribution in [0.25, 0.3) is 0 Å². The molecule has 82 valence electrons. The molecule has 0 unspecified atom stereocenters. The minimum absolute atomic E-state index is 0.703. The third kappa shape index (κ3) is 2.27. The molecule has 1 aliphatic rings. The van der Waals surface area contributed by atoms with Crippen LogP contribution in [0.2, 0.25) is 0 Å². The van der Waals surface area contributed by atoms with Crippen molar-refractivity contribution >= 4 is 5.82 Å². The van der Waals surface area contributed by atoms with Crippen molar-refractivity contribution in [3.05, 3.63) is 23.4 Å². The van der Waals surface area contributed by atoms with Gasteiger partial charge in [0, 0.05) is 25.4 Å². The molecular formula is C11H17N3O. The number of nitrogens with two attached hydrogens (primary N) is 1. The second-order valence-corrected chi connectivity index (χ2v) is 3.87. The fraction of sp³-hybridized carbons (Fsp3) is 0.545. The van der Waals surface area contributed by atoms with E-state index in [4.69, 9.17) is 10.5 Å². The Labute approximate surface area is 90.0 Å². The van der Waals surface area contributed by atoms with Gasteiger partial charge in [-0.25, -0.2) is 4.98 Å². The van der Waals surface area contributed by atoms with E-state index in [-0.39, 0.29) is 0 Å². The molecule has 1 aromatic rings. The highest BCUT2D eigenvalue weighted by atomic mass is 16.5. The molecule has 0 aliphatic carbocycles. The Kier molecular flexibility index (Phi) is 3.18. The molecule has 1 aliphatic heterocycles. The quantitative estimate of drug-likeness (QED) is 0.797. The second kappa shape index (κ2) is 4.59. The van der Waals surface area contributed by atoms with Crippen LogP contribution in [0.15, 0.2) is 12.3 Å². The van der Waals surface area contributed by atoms with Crippen molar-refractivity contribution < 1.29 is 4.74 Å². The predicted molar refractivity (Wildman–Crippen MR) is 59.7 cm³/mol. The first kappa shape index (κ1) is 10.4. The molecule has 2 N–H and O–H groups in total. The molecule has 0 fully saturated rings. The molecule has 4 nitrogen and oxygen atoms in total. The number of fused-ring (bicyclic) bond motifs is 1. The number of hydrogen-bond donors (Lipinski definition) is 1. The zero-order valence-electron chi connectivity index (χ0n) is 9.07. The SMILES string of the molecule is CN(CCCN)c1cc2c(cn1)COC2. The molecular weight excluding hydrogens is 190 g/mol. The molecule has 0 saturated carbocycles. The maximum absolute atomic E-state index is 5.48. The molecule has 0 radical (unpaired) electrons. The van der Waals surface area contributed by atoms with E-state index in [1.54, 1.807) is 0 Å². The molecule has 0 aromatic carbocycles. The van der Waals surface area contributed by atoms with Gasteiger partial charge in [0.05, 0.1) is 13.2 Å². The summed E-state index contributed by atoms with van der Waals surface area (Å²) in [6.07, 6.45) is 2.91. The van der Waals surface area contributed by atoms with Gasteiger partial charge in [-0.2, -0.15) is 0 Å². The number of pyridine rings is 1. The number of aromatic nitrogens is 1. The highest BCUT2D eigenvalue weighted by Gasteiger charge is 2.13. The molecule has 0 spiro atoms. The molecule has 0 saturated heterocycles. The standard InChI is InChI=1S/C11H17N3O/c1-14(4-2-3-12)11-5-9-7-15-8-10(9)6-13-11/h5-6H,2-4,7-8,12H2,1H3. The summed E-state index contributed by atoms with van der Waals surface area (Å²) in [5.74, 6) is 1.01. The van der Waals surface area contributed by atoms with Crippen LogP contribution in [-0.2, 0) is 18.0 Å². The third-order valence-electron chi connectivity index (χ3n) is 2.67. The smallest absolute Gasteiger partial charge is 0.128 e. The van der Waals surface area contributed by atoms with Crippen LogP contribution in [0.1, 0.15) is 17.5 Å². The summed E-state index contributed by atoms with van der Waals surface area (Å²) in [5, 5.41) is 0. The Balaban J connectivity index is 2.08. The molecule has 4 heteroatoms. The Morgan fingerprint density at radius 2 is 2.27 bits per heavy atom. The van der Waals surface area contributed by atoms with E-state index in [1.165, 1.54) is 11.1 Å². The Bertz CT molecular complexity index is 341. The molecule has 0 amide bonds. The Morgan fingerprint density at radius 3 is 3.07 bits per heavy atom. The fourth-order valence-electron chi connectivity index (χ4n) is 1.70. The molecule has 2 heterocycles. The summed E-state index contributed by atoms with van der Waals surface area (Å²) in [6.45, 7) is 3.09. The normalized spacial score (nSPS) is 14.0. The molecule has 1 aromatic heterocycles. The average Bonchev–Trinajstić information content (AvgIpc) is 2.72. The van der Waals surface area contributed by atoms with Gasteiger partial charge in [0.2, 0.25) is 0 Å². The zero-order chi connectivity index (χ0) is 10.7. The monoisotopic (exact) mass is 207 g/mol. The minimum Gasteiger partial charge on any atom is -0.372 e. The summed E-state index contributed by atoms with van der Waals surface area (Å²) < 4.78 is 5.35. The van der Waals surface area contributed by atoms with Gasteiger partial charge in [0.25, 0.3) is 0 Å². The first-order valence-electron chi connectivity index (χ1n) is 5.28. The van der Waals surface area contributed by atoms with Gasteiger partial charge in [0.1, 0.15) is 5.82 Å². The van der Waals surface area contributed by atoms with E-state index in [2.05, 4.69) is 16.0 Å². The maximum Gasteiger partial charge on any atom is 0.128 e. The van der Waals surface area contributed by atoms with E-state index in [0.717, 1.165) is 31.9 Å². The average molecular weight is 207 g/mol. The Morgan fingerprint density at radius 1 is 1.47 bits per heavy atom. The number of anilines is 1. The topological polar surface area (TPSA) is 51.4 Å². The summed E-state index contributed by atoms with van der Waals surface area (Å²) in [6, 6.07) is 2.11. The van der Waals surface area contributed by atoms with Crippen molar-refractivity contribution in [3.8, 4) is 0 Å². The van der Waals surface area contributed by atoms with Crippen molar-refractivity contribution in [1.82, 2.24) is 4.98 Å². The fourth-order valence-corrected chi connectivity index (χ4v) is 1.70. The Hall–Kier alpha value is -1.13. The largest absolute Gasteiger partial charge is 0.372 e. The van der Waals surface area contributed by atoms with Crippen molar-refractivity contribution in [1.29, 1.82) is 0 Å². The van der Waals surface area contributed by atoms with Gasteiger partial charge >= 0.3 is 0 Å². The molecule has 15 heavy (non-hydrogen) atoms. The van der Waals surface area contributed by atoms with Crippen LogP contribution in [0.4, 0.5) is 5.82 Å². The maximum atomic E-state index is 5.48. The molecule has 0 atom stereocenters. The van der Waals surface area contributed by atoms with Gasteiger partial charge in [0.15, 0.2) is 0 Å². The van der Waals surface area contributed by atoms with E-state index in [9.17, 15) is 0 Å². The van der Waals surface area contributed by atoms with Gasteiger partial charge in [-0.15, -0.1) is 0 Å². The first-order chi connectivity index (χ1) is 7.31. The van der Waals surface area contributed by atoms with Gasteiger partial charge < -0.3 is 15.4 Å². The van der Waals surface area contributed by atoms with Crippen LogP contribution < -0.4 is 10.6 Å². The molecule has 0 bridgehead atoms. The van der Waals surface area contributed by atoms with Crippen LogP contribution >= 0.6 is 0 Å². The van der Waals surface area contributed by atoms with E-state index < -0.39 is 0 Å². The highest BCUT2D eigenvalue weighted by molar-refractivity contribution is 5.43. The number of nitrogens with zero attached hydrogens (tertiary/aromatic N) is 2. The number of hydrogen-bond acceptors (Lipinski definition) is 4. The van der Waals surface area contributed by atoms with Crippen molar-refractivity contribution in [2.24, 2.45) is 5.73 Å². The lowest BCUT2D eigenvalue weighted by molar-refractivity contribution is 0.134. The lowest BCUT2D eigenvalue weighted by Crippen LogP contribution is -2.22. The van der Waals surface area contributed by atoms with Crippen LogP contribution in [-0.4, -0.2) is 25.1 Å². The van der Waals surface area contributed by atoms with Crippen LogP contribution in [0.3, 0.4) is 0 Å². The van der Waals surface area contributed by atoms with Crippen molar-refractivity contribution in [2.45, 2.75) is 19.6 Å². The summed E-state index contributed by atoms with van der Waals surface area (Å²) in [7, 11) is 2.04. The van der Waals surface area contributed by atoms with Gasteiger partial charge in [-0.3, -0.25) is 0 Å².